The SMILES string of the molecule is CNCc1c(C=O)cc(CO)cc1C(F)(F)F. The minimum Gasteiger partial charge on any atom is -0.392 e. The van der Waals surface area contributed by atoms with Gasteiger partial charge in [-0.2, -0.15) is 13.2 Å². The predicted octanol–water partition coefficient (Wildman–Crippen LogP) is 1.73. The van der Waals surface area contributed by atoms with E-state index in [9.17, 15) is 18.0 Å². The first-order chi connectivity index (χ1) is 7.93. The van der Waals surface area contributed by atoms with Crippen LogP contribution >= 0.6 is 0 Å². The van der Waals surface area contributed by atoms with Crippen LogP contribution in [0.4, 0.5) is 13.2 Å². The Bertz CT molecular complexity index is 416. The molecular weight excluding hydrogens is 235 g/mol. The zero-order valence-corrected chi connectivity index (χ0v) is 9.14. The van der Waals surface area contributed by atoms with Crippen molar-refractivity contribution in [2.45, 2.75) is 19.3 Å². The molecule has 1 rings (SSSR count). The number of alkyl halides is 3. The van der Waals surface area contributed by atoms with Crippen LogP contribution in [0.15, 0.2) is 12.1 Å². The van der Waals surface area contributed by atoms with Gasteiger partial charge in [-0.05, 0) is 30.3 Å². The number of aliphatic hydroxyl groups is 1. The lowest BCUT2D eigenvalue weighted by atomic mass is 9.97. The van der Waals surface area contributed by atoms with E-state index in [1.54, 1.807) is 0 Å². The number of hydrogen-bond acceptors (Lipinski definition) is 3. The van der Waals surface area contributed by atoms with E-state index in [4.69, 9.17) is 5.11 Å². The first kappa shape index (κ1) is 13.7. The third kappa shape index (κ3) is 3.04. The average Bonchev–Trinajstić information content (AvgIpc) is 2.28. The van der Waals surface area contributed by atoms with Crippen LogP contribution in [0.1, 0.15) is 27.0 Å². The van der Waals surface area contributed by atoms with E-state index in [-0.39, 0.29) is 23.2 Å². The van der Waals surface area contributed by atoms with Crippen molar-refractivity contribution in [3.8, 4) is 0 Å². The fraction of sp³-hybridized carbons (Fsp3) is 0.364. The van der Waals surface area contributed by atoms with Crippen molar-refractivity contribution in [2.75, 3.05) is 7.05 Å². The van der Waals surface area contributed by atoms with E-state index in [1.807, 2.05) is 0 Å². The van der Waals surface area contributed by atoms with Gasteiger partial charge in [0, 0.05) is 12.1 Å². The first-order valence-corrected chi connectivity index (χ1v) is 4.87. The maximum absolute atomic E-state index is 12.8. The average molecular weight is 247 g/mol. The molecule has 17 heavy (non-hydrogen) atoms. The van der Waals surface area contributed by atoms with Gasteiger partial charge in [-0.15, -0.1) is 0 Å². The van der Waals surface area contributed by atoms with Gasteiger partial charge in [-0.25, -0.2) is 0 Å². The molecule has 0 saturated heterocycles. The summed E-state index contributed by atoms with van der Waals surface area (Å²) >= 11 is 0. The van der Waals surface area contributed by atoms with Crippen LogP contribution < -0.4 is 5.32 Å². The number of benzene rings is 1. The van der Waals surface area contributed by atoms with Crippen LogP contribution in [-0.4, -0.2) is 18.4 Å². The maximum Gasteiger partial charge on any atom is 0.416 e. The molecule has 0 atom stereocenters. The maximum atomic E-state index is 12.8. The standard InChI is InChI=1S/C11H12F3NO2/c1-15-4-9-8(6-17)2-7(5-16)3-10(9)11(12,13)14/h2-3,6,15-16H,4-5H2,1H3. The number of hydrogen-bond donors (Lipinski definition) is 2. The number of carbonyl (C=O) groups is 1. The van der Waals surface area contributed by atoms with E-state index in [0.717, 1.165) is 6.07 Å². The Balaban J connectivity index is 3.46. The summed E-state index contributed by atoms with van der Waals surface area (Å²) in [5.74, 6) is 0. The topological polar surface area (TPSA) is 49.3 Å². The second kappa shape index (κ2) is 5.29. The fourth-order valence-electron chi connectivity index (χ4n) is 1.58. The summed E-state index contributed by atoms with van der Waals surface area (Å²) in [5.41, 5.74) is -0.981. The minimum atomic E-state index is -4.55. The summed E-state index contributed by atoms with van der Waals surface area (Å²) in [6.07, 6.45) is -4.18. The molecule has 0 fully saturated rings. The predicted molar refractivity (Wildman–Crippen MR) is 55.5 cm³/mol. The molecule has 0 aliphatic carbocycles. The molecule has 1 aromatic rings. The number of aldehydes is 1. The number of halogens is 3. The third-order valence-corrected chi connectivity index (χ3v) is 2.31. The largest absolute Gasteiger partial charge is 0.416 e. The Hall–Kier alpha value is -1.40. The van der Waals surface area contributed by atoms with Gasteiger partial charge in [-0.3, -0.25) is 4.79 Å². The van der Waals surface area contributed by atoms with E-state index >= 15 is 0 Å². The van der Waals surface area contributed by atoms with Crippen LogP contribution in [0, 0.1) is 0 Å². The molecule has 2 N–H and O–H groups in total. The highest BCUT2D eigenvalue weighted by Gasteiger charge is 2.34. The lowest BCUT2D eigenvalue weighted by Crippen LogP contribution is -2.17. The Morgan fingerprint density at radius 3 is 2.47 bits per heavy atom. The van der Waals surface area contributed by atoms with Crippen molar-refractivity contribution in [1.82, 2.24) is 5.32 Å². The van der Waals surface area contributed by atoms with Crippen LogP contribution in [0.2, 0.25) is 0 Å². The number of carbonyl (C=O) groups excluding carboxylic acids is 1. The summed E-state index contributed by atoms with van der Waals surface area (Å²) in [6, 6.07) is 2.12. The molecule has 0 aliphatic heterocycles. The summed E-state index contributed by atoms with van der Waals surface area (Å²) in [6.45, 7) is -0.599. The molecule has 0 amide bonds. The van der Waals surface area contributed by atoms with E-state index in [2.05, 4.69) is 5.32 Å². The number of rotatable bonds is 4. The lowest BCUT2D eigenvalue weighted by Gasteiger charge is -2.16. The lowest BCUT2D eigenvalue weighted by molar-refractivity contribution is -0.138. The normalized spacial score (nSPS) is 11.6. The van der Waals surface area contributed by atoms with Gasteiger partial charge in [0.25, 0.3) is 0 Å². The Morgan fingerprint density at radius 1 is 1.41 bits per heavy atom. The first-order valence-electron chi connectivity index (χ1n) is 4.87. The summed E-state index contributed by atoms with van der Waals surface area (Å²) in [4.78, 5) is 10.8. The molecule has 3 nitrogen and oxygen atoms in total. The van der Waals surface area contributed by atoms with E-state index < -0.39 is 18.3 Å². The monoisotopic (exact) mass is 247 g/mol. The molecule has 94 valence electrons. The van der Waals surface area contributed by atoms with Gasteiger partial charge in [-0.1, -0.05) is 0 Å². The Kier molecular flexibility index (Phi) is 4.25. The molecule has 0 bridgehead atoms. The molecule has 0 radical (unpaired) electrons. The molecule has 0 heterocycles. The highest BCUT2D eigenvalue weighted by molar-refractivity contribution is 5.78. The van der Waals surface area contributed by atoms with Crippen molar-refractivity contribution in [3.63, 3.8) is 0 Å². The van der Waals surface area contributed by atoms with Crippen LogP contribution in [0.3, 0.4) is 0 Å². The zero-order valence-electron chi connectivity index (χ0n) is 9.14. The van der Waals surface area contributed by atoms with Gasteiger partial charge in [0.2, 0.25) is 0 Å². The number of aliphatic hydroxyl groups excluding tert-OH is 1. The van der Waals surface area contributed by atoms with Crippen molar-refractivity contribution in [2.24, 2.45) is 0 Å². The number of nitrogens with one attached hydrogen (secondary N) is 1. The van der Waals surface area contributed by atoms with Gasteiger partial charge in [0.15, 0.2) is 0 Å². The van der Waals surface area contributed by atoms with E-state index in [0.29, 0.717) is 6.29 Å². The zero-order chi connectivity index (χ0) is 13.1. The molecule has 0 aromatic heterocycles. The summed E-state index contributed by atoms with van der Waals surface area (Å²) in [7, 11) is 1.49. The molecule has 6 heteroatoms. The molecule has 0 unspecified atom stereocenters. The van der Waals surface area contributed by atoms with Crippen molar-refractivity contribution in [3.05, 3.63) is 34.4 Å². The van der Waals surface area contributed by atoms with Crippen molar-refractivity contribution in [1.29, 1.82) is 0 Å². The van der Waals surface area contributed by atoms with Crippen LogP contribution in [0.25, 0.3) is 0 Å². The van der Waals surface area contributed by atoms with E-state index in [1.165, 1.54) is 13.1 Å². The quantitative estimate of drug-likeness (QED) is 0.797. The minimum absolute atomic E-state index is 0.0572. The summed E-state index contributed by atoms with van der Waals surface area (Å²) in [5, 5.41) is 11.5. The fourth-order valence-corrected chi connectivity index (χ4v) is 1.58. The van der Waals surface area contributed by atoms with Crippen LogP contribution in [0.5, 0.6) is 0 Å². The van der Waals surface area contributed by atoms with Crippen molar-refractivity contribution < 1.29 is 23.1 Å². The second-order valence-electron chi connectivity index (χ2n) is 3.52. The molecule has 0 saturated carbocycles. The Morgan fingerprint density at radius 2 is 2.06 bits per heavy atom. The molecule has 0 aliphatic rings. The van der Waals surface area contributed by atoms with Gasteiger partial charge in [0.05, 0.1) is 12.2 Å². The van der Waals surface area contributed by atoms with Gasteiger partial charge < -0.3 is 10.4 Å². The smallest absolute Gasteiger partial charge is 0.392 e. The van der Waals surface area contributed by atoms with Gasteiger partial charge in [0.1, 0.15) is 6.29 Å². The molecular formula is C11H12F3NO2. The molecule has 1 aromatic carbocycles. The Labute approximate surface area is 96.3 Å². The highest BCUT2D eigenvalue weighted by Crippen LogP contribution is 2.34. The molecule has 0 spiro atoms. The highest BCUT2D eigenvalue weighted by atomic mass is 19.4. The third-order valence-electron chi connectivity index (χ3n) is 2.31. The van der Waals surface area contributed by atoms with Crippen molar-refractivity contribution >= 4 is 6.29 Å². The van der Waals surface area contributed by atoms with Gasteiger partial charge >= 0.3 is 6.18 Å². The summed E-state index contributed by atoms with van der Waals surface area (Å²) < 4.78 is 38.3. The van der Waals surface area contributed by atoms with Crippen LogP contribution in [-0.2, 0) is 19.3 Å². The second-order valence-corrected chi connectivity index (χ2v) is 3.52.